The number of anilines is 1. The highest BCUT2D eigenvalue weighted by atomic mass is 19.4. The number of nitrogens with one attached hydrogen (secondary N) is 1. The largest absolute Gasteiger partial charge is 0.432 e. The molecule has 2 nitrogen and oxygen atoms in total. The van der Waals surface area contributed by atoms with Crippen molar-refractivity contribution in [2.24, 2.45) is 4.99 Å². The van der Waals surface area contributed by atoms with Gasteiger partial charge in [0, 0.05) is 11.4 Å². The summed E-state index contributed by atoms with van der Waals surface area (Å²) in [4.78, 5) is 4.11. The highest BCUT2D eigenvalue weighted by molar-refractivity contribution is 6.00. The minimum atomic E-state index is -4.56. The SMILES string of the molecule is CCc1cccc(CC)c1N/C(C)=C/C(=N[C@@H](C)c1cccc2ccccc12)C(F)(F)F. The zero-order valence-corrected chi connectivity index (χ0v) is 18.9. The third kappa shape index (κ3) is 5.39. The average molecular weight is 439 g/mol. The van der Waals surface area contributed by atoms with Gasteiger partial charge in [-0.25, -0.2) is 0 Å². The van der Waals surface area contributed by atoms with Crippen LogP contribution in [-0.2, 0) is 12.8 Å². The topological polar surface area (TPSA) is 24.4 Å². The average Bonchev–Trinajstić information content (AvgIpc) is 2.77. The van der Waals surface area contributed by atoms with Gasteiger partial charge >= 0.3 is 6.18 Å². The Bertz CT molecular complexity index is 1120. The van der Waals surface area contributed by atoms with Crippen molar-refractivity contribution in [3.05, 3.63) is 89.1 Å². The van der Waals surface area contributed by atoms with Gasteiger partial charge in [-0.2, -0.15) is 13.2 Å². The number of allylic oxidation sites excluding steroid dienone is 2. The maximum atomic E-state index is 13.9. The van der Waals surface area contributed by atoms with E-state index in [-0.39, 0.29) is 0 Å². The molecule has 1 N–H and O–H groups in total. The second-order valence-electron chi connectivity index (χ2n) is 7.87. The third-order valence-electron chi connectivity index (χ3n) is 5.57. The van der Waals surface area contributed by atoms with E-state index in [2.05, 4.69) is 10.3 Å². The lowest BCUT2D eigenvalue weighted by atomic mass is 10.00. The van der Waals surface area contributed by atoms with Crippen molar-refractivity contribution in [3.8, 4) is 0 Å². The Morgan fingerprint density at radius 3 is 2.16 bits per heavy atom. The first-order valence-electron chi connectivity index (χ1n) is 10.9. The normalized spacial score (nSPS) is 14.0. The molecular formula is C27H29F3N2. The standard InChI is InChI=1S/C27H29F3N2/c1-5-20-12-9-13-21(6-2)26(20)31-18(3)17-25(27(28,29)30)32-19(4)23-16-10-14-22-11-7-8-15-24(22)23/h7-17,19,31H,5-6H2,1-4H3/b18-17+,32-25?/t19-/m0/s1. The zero-order chi connectivity index (χ0) is 23.3. The Labute approximate surface area is 187 Å². The maximum Gasteiger partial charge on any atom is 0.432 e. The Hall–Kier alpha value is -3.08. The summed E-state index contributed by atoms with van der Waals surface area (Å²) in [6, 6.07) is 18.6. The molecule has 32 heavy (non-hydrogen) atoms. The van der Waals surface area contributed by atoms with Crippen LogP contribution < -0.4 is 5.32 Å². The maximum absolute atomic E-state index is 13.9. The second-order valence-corrected chi connectivity index (χ2v) is 7.87. The van der Waals surface area contributed by atoms with Gasteiger partial charge in [-0.3, -0.25) is 4.99 Å². The van der Waals surface area contributed by atoms with E-state index in [1.54, 1.807) is 13.8 Å². The van der Waals surface area contributed by atoms with Crippen LogP contribution in [0.3, 0.4) is 0 Å². The highest BCUT2D eigenvalue weighted by Gasteiger charge is 2.35. The van der Waals surface area contributed by atoms with Gasteiger partial charge in [0.1, 0.15) is 5.71 Å². The van der Waals surface area contributed by atoms with Gasteiger partial charge in [-0.15, -0.1) is 0 Å². The van der Waals surface area contributed by atoms with Crippen molar-refractivity contribution >= 4 is 22.2 Å². The Morgan fingerprint density at radius 2 is 1.53 bits per heavy atom. The minimum Gasteiger partial charge on any atom is -0.359 e. The molecule has 0 saturated heterocycles. The molecule has 0 radical (unpaired) electrons. The van der Waals surface area contributed by atoms with E-state index in [0.29, 0.717) is 5.70 Å². The van der Waals surface area contributed by atoms with E-state index in [9.17, 15) is 13.2 Å². The fourth-order valence-electron chi connectivity index (χ4n) is 3.93. The number of hydrogen-bond acceptors (Lipinski definition) is 2. The summed E-state index contributed by atoms with van der Waals surface area (Å²) in [5.74, 6) is 0. The Balaban J connectivity index is 1.98. The molecule has 168 valence electrons. The number of alkyl halides is 3. The van der Waals surface area contributed by atoms with Gasteiger partial charge in [0.25, 0.3) is 0 Å². The predicted octanol–water partition coefficient (Wildman–Crippen LogP) is 8.04. The molecule has 0 unspecified atom stereocenters. The van der Waals surface area contributed by atoms with E-state index in [1.807, 2.05) is 74.5 Å². The number of para-hydroxylation sites is 1. The molecule has 3 aromatic carbocycles. The van der Waals surface area contributed by atoms with Crippen LogP contribution in [0.15, 0.2) is 77.4 Å². The number of hydrogen-bond donors (Lipinski definition) is 1. The summed E-state index contributed by atoms with van der Waals surface area (Å²) in [7, 11) is 0. The molecule has 0 aliphatic rings. The van der Waals surface area contributed by atoms with Crippen molar-refractivity contribution < 1.29 is 13.2 Å². The van der Waals surface area contributed by atoms with Crippen LogP contribution in [0.4, 0.5) is 18.9 Å². The summed E-state index contributed by atoms with van der Waals surface area (Å²) in [5, 5.41) is 5.10. The molecule has 0 saturated carbocycles. The zero-order valence-electron chi connectivity index (χ0n) is 18.9. The van der Waals surface area contributed by atoms with Crippen molar-refractivity contribution in [2.45, 2.75) is 52.8 Å². The lowest BCUT2D eigenvalue weighted by molar-refractivity contribution is -0.0580. The number of fused-ring (bicyclic) bond motifs is 1. The van der Waals surface area contributed by atoms with Crippen molar-refractivity contribution in [1.29, 1.82) is 0 Å². The predicted molar refractivity (Wildman–Crippen MR) is 128 cm³/mol. The molecule has 5 heteroatoms. The fourth-order valence-corrected chi connectivity index (χ4v) is 3.93. The molecule has 0 heterocycles. The first-order valence-corrected chi connectivity index (χ1v) is 10.9. The van der Waals surface area contributed by atoms with E-state index >= 15 is 0 Å². The van der Waals surface area contributed by atoms with Gasteiger partial charge in [0.2, 0.25) is 0 Å². The van der Waals surface area contributed by atoms with E-state index in [1.165, 1.54) is 0 Å². The molecule has 0 aliphatic carbocycles. The highest BCUT2D eigenvalue weighted by Crippen LogP contribution is 2.30. The molecule has 0 fully saturated rings. The number of aliphatic imine (C=N–C) groups is 1. The van der Waals surface area contributed by atoms with Crippen LogP contribution in [0.2, 0.25) is 0 Å². The lowest BCUT2D eigenvalue weighted by Crippen LogP contribution is -2.23. The molecular weight excluding hydrogens is 409 g/mol. The molecule has 0 aliphatic heterocycles. The van der Waals surface area contributed by atoms with Crippen LogP contribution >= 0.6 is 0 Å². The lowest BCUT2D eigenvalue weighted by Gasteiger charge is -2.17. The number of rotatable bonds is 7. The summed E-state index contributed by atoms with van der Waals surface area (Å²) in [5.41, 5.74) is 3.32. The van der Waals surface area contributed by atoms with E-state index < -0.39 is 17.9 Å². The molecule has 0 spiro atoms. The van der Waals surface area contributed by atoms with Crippen LogP contribution in [0, 0.1) is 0 Å². The van der Waals surface area contributed by atoms with Crippen LogP contribution in [0.5, 0.6) is 0 Å². The van der Waals surface area contributed by atoms with Gasteiger partial charge in [-0.1, -0.05) is 74.5 Å². The van der Waals surface area contributed by atoms with Gasteiger partial charge in [0.15, 0.2) is 0 Å². The molecule has 3 rings (SSSR count). The number of benzene rings is 3. The Morgan fingerprint density at radius 1 is 0.938 bits per heavy atom. The summed E-state index contributed by atoms with van der Waals surface area (Å²) in [6.07, 6.45) is -1.86. The fraction of sp³-hybridized carbons (Fsp3) is 0.296. The number of aryl methyl sites for hydroxylation is 2. The Kier molecular flexibility index (Phi) is 7.39. The first-order chi connectivity index (χ1) is 15.2. The van der Waals surface area contributed by atoms with Gasteiger partial charge in [-0.05, 0) is 60.2 Å². The van der Waals surface area contributed by atoms with Crippen LogP contribution in [-0.4, -0.2) is 11.9 Å². The second kappa shape index (κ2) is 10.0. The molecule has 0 amide bonds. The molecule has 0 bridgehead atoms. The monoisotopic (exact) mass is 438 g/mol. The van der Waals surface area contributed by atoms with Crippen molar-refractivity contribution in [1.82, 2.24) is 0 Å². The summed E-state index contributed by atoms with van der Waals surface area (Å²) in [6.45, 7) is 7.42. The third-order valence-corrected chi connectivity index (χ3v) is 5.57. The summed E-state index contributed by atoms with van der Waals surface area (Å²) >= 11 is 0. The van der Waals surface area contributed by atoms with E-state index in [0.717, 1.165) is 52.1 Å². The van der Waals surface area contributed by atoms with Gasteiger partial charge in [0.05, 0.1) is 6.04 Å². The van der Waals surface area contributed by atoms with E-state index in [4.69, 9.17) is 0 Å². The first kappa shape index (κ1) is 23.6. The molecule has 0 aromatic heterocycles. The van der Waals surface area contributed by atoms with Gasteiger partial charge < -0.3 is 5.32 Å². The summed E-state index contributed by atoms with van der Waals surface area (Å²) < 4.78 is 41.7. The van der Waals surface area contributed by atoms with Crippen LogP contribution in [0.1, 0.15) is 50.4 Å². The minimum absolute atomic E-state index is 0.404. The molecule has 3 aromatic rings. The smallest absolute Gasteiger partial charge is 0.359 e. The molecule has 1 atom stereocenters. The number of halogens is 3. The quantitative estimate of drug-likeness (QED) is 0.371. The van der Waals surface area contributed by atoms with Crippen molar-refractivity contribution in [3.63, 3.8) is 0 Å². The number of nitrogens with zero attached hydrogens (tertiary/aromatic N) is 1. The van der Waals surface area contributed by atoms with Crippen molar-refractivity contribution in [2.75, 3.05) is 5.32 Å². The van der Waals surface area contributed by atoms with Crippen LogP contribution in [0.25, 0.3) is 10.8 Å².